The molecule has 0 bridgehead atoms. The van der Waals surface area contributed by atoms with Gasteiger partial charge in [0, 0.05) is 19.1 Å². The van der Waals surface area contributed by atoms with Crippen LogP contribution in [0.1, 0.15) is 25.0 Å². The highest BCUT2D eigenvalue weighted by atomic mass is 19.1. The van der Waals surface area contributed by atoms with Crippen LogP contribution < -0.4 is 5.32 Å². The number of urea groups is 1. The predicted octanol–water partition coefficient (Wildman–Crippen LogP) is 3.17. The summed E-state index contributed by atoms with van der Waals surface area (Å²) in [7, 11) is 0. The molecule has 7 heteroatoms. The molecule has 0 aromatic heterocycles. The molecule has 0 aliphatic carbocycles. The van der Waals surface area contributed by atoms with Crippen molar-refractivity contribution < 1.29 is 18.7 Å². The maximum Gasteiger partial charge on any atom is 0.318 e. The number of rotatable bonds is 7. The van der Waals surface area contributed by atoms with Crippen molar-refractivity contribution in [2.24, 2.45) is 0 Å². The van der Waals surface area contributed by atoms with E-state index in [-0.39, 0.29) is 36.4 Å². The lowest BCUT2D eigenvalue weighted by atomic mass is 10.1. The van der Waals surface area contributed by atoms with E-state index in [0.717, 1.165) is 11.1 Å². The lowest BCUT2D eigenvalue weighted by Crippen LogP contribution is -2.61. The van der Waals surface area contributed by atoms with Crippen LogP contribution in [0.3, 0.4) is 0 Å². The first-order valence-electron chi connectivity index (χ1n) is 10.1. The molecule has 1 heterocycles. The fourth-order valence-corrected chi connectivity index (χ4v) is 3.39. The van der Waals surface area contributed by atoms with Gasteiger partial charge in [-0.05, 0) is 37.1 Å². The van der Waals surface area contributed by atoms with E-state index in [0.29, 0.717) is 26.3 Å². The minimum atomic E-state index is -0.313. The molecule has 1 atom stereocenters. The molecule has 1 fully saturated rings. The fourth-order valence-electron chi connectivity index (χ4n) is 3.39. The van der Waals surface area contributed by atoms with E-state index in [4.69, 9.17) is 4.74 Å². The average Bonchev–Trinajstić information content (AvgIpc) is 2.72. The largest absolute Gasteiger partial charge is 0.375 e. The Morgan fingerprint density at radius 3 is 2.50 bits per heavy atom. The second kappa shape index (κ2) is 10.2. The molecule has 1 saturated heterocycles. The van der Waals surface area contributed by atoms with Crippen LogP contribution in [0.5, 0.6) is 0 Å². The molecule has 0 saturated carbocycles. The Labute approximate surface area is 176 Å². The highest BCUT2D eigenvalue weighted by Gasteiger charge is 2.35. The van der Waals surface area contributed by atoms with E-state index in [1.807, 2.05) is 44.2 Å². The van der Waals surface area contributed by atoms with Gasteiger partial charge < -0.3 is 19.9 Å². The molecule has 2 aromatic carbocycles. The molecule has 30 heavy (non-hydrogen) atoms. The van der Waals surface area contributed by atoms with Gasteiger partial charge in [-0.15, -0.1) is 0 Å². The third kappa shape index (κ3) is 6.03. The number of carbonyl (C=O) groups excluding carboxylic acids is 2. The molecular weight excluding hydrogens is 385 g/mol. The number of piperazine rings is 1. The van der Waals surface area contributed by atoms with Crippen LogP contribution in [-0.2, 0) is 22.7 Å². The molecule has 0 radical (unpaired) electrons. The van der Waals surface area contributed by atoms with E-state index >= 15 is 0 Å². The van der Waals surface area contributed by atoms with Crippen LogP contribution in [0.15, 0.2) is 54.6 Å². The van der Waals surface area contributed by atoms with Crippen LogP contribution >= 0.6 is 0 Å². The quantitative estimate of drug-likeness (QED) is 0.759. The standard InChI is InChI=1S/C23H28FN3O3/c1-17(2)25-23(29)27-14-22(28)26(12-18-8-10-20(24)11-9-18)13-21(27)16-30-15-19-6-4-3-5-7-19/h3-11,17,21H,12-16H2,1-2H3,(H,25,29). The number of nitrogens with zero attached hydrogens (tertiary/aromatic N) is 2. The van der Waals surface area contributed by atoms with Crippen molar-refractivity contribution in [3.63, 3.8) is 0 Å². The minimum absolute atomic E-state index is 0.0148. The van der Waals surface area contributed by atoms with E-state index in [2.05, 4.69) is 5.32 Å². The molecule has 1 aliphatic rings. The molecule has 1 unspecified atom stereocenters. The Hall–Kier alpha value is -2.93. The highest BCUT2D eigenvalue weighted by Crippen LogP contribution is 2.16. The van der Waals surface area contributed by atoms with Gasteiger partial charge in [-0.3, -0.25) is 4.79 Å². The summed E-state index contributed by atoms with van der Waals surface area (Å²) in [5.41, 5.74) is 1.89. The SMILES string of the molecule is CC(C)NC(=O)N1CC(=O)N(Cc2ccc(F)cc2)CC1COCc1ccccc1. The van der Waals surface area contributed by atoms with Gasteiger partial charge in [0.05, 0.1) is 19.3 Å². The van der Waals surface area contributed by atoms with E-state index in [1.165, 1.54) is 12.1 Å². The monoisotopic (exact) mass is 413 g/mol. The van der Waals surface area contributed by atoms with E-state index < -0.39 is 0 Å². The van der Waals surface area contributed by atoms with Crippen molar-refractivity contribution in [3.05, 3.63) is 71.5 Å². The van der Waals surface area contributed by atoms with Gasteiger partial charge in [-0.2, -0.15) is 0 Å². The zero-order chi connectivity index (χ0) is 21.5. The van der Waals surface area contributed by atoms with Crippen LogP contribution in [0.4, 0.5) is 9.18 Å². The van der Waals surface area contributed by atoms with Gasteiger partial charge in [-0.25, -0.2) is 9.18 Å². The Morgan fingerprint density at radius 2 is 1.83 bits per heavy atom. The predicted molar refractivity (Wildman–Crippen MR) is 112 cm³/mol. The van der Waals surface area contributed by atoms with Crippen molar-refractivity contribution in [2.75, 3.05) is 19.7 Å². The number of ether oxygens (including phenoxy) is 1. The molecule has 1 N–H and O–H groups in total. The number of carbonyl (C=O) groups is 2. The first-order chi connectivity index (χ1) is 14.4. The van der Waals surface area contributed by atoms with Gasteiger partial charge in [0.2, 0.25) is 5.91 Å². The summed E-state index contributed by atoms with van der Waals surface area (Å²) in [6.45, 7) is 5.22. The lowest BCUT2D eigenvalue weighted by molar-refractivity contribution is -0.138. The van der Waals surface area contributed by atoms with Crippen molar-refractivity contribution in [1.82, 2.24) is 15.1 Å². The van der Waals surface area contributed by atoms with E-state index in [1.54, 1.807) is 21.9 Å². The third-order valence-electron chi connectivity index (χ3n) is 4.91. The maximum atomic E-state index is 13.2. The van der Waals surface area contributed by atoms with Gasteiger partial charge in [-0.1, -0.05) is 42.5 Å². The number of amides is 3. The number of benzene rings is 2. The summed E-state index contributed by atoms with van der Waals surface area (Å²) in [4.78, 5) is 28.6. The first kappa shape index (κ1) is 21.8. The zero-order valence-corrected chi connectivity index (χ0v) is 17.4. The Kier molecular flexibility index (Phi) is 7.41. The number of nitrogens with one attached hydrogen (secondary N) is 1. The Balaban J connectivity index is 1.67. The smallest absolute Gasteiger partial charge is 0.318 e. The lowest BCUT2D eigenvalue weighted by Gasteiger charge is -2.41. The molecule has 2 aromatic rings. The van der Waals surface area contributed by atoms with E-state index in [9.17, 15) is 14.0 Å². The summed E-state index contributed by atoms with van der Waals surface area (Å²) in [5.74, 6) is -0.454. The van der Waals surface area contributed by atoms with Crippen LogP contribution in [-0.4, -0.2) is 53.5 Å². The highest BCUT2D eigenvalue weighted by molar-refractivity contribution is 5.85. The molecule has 0 spiro atoms. The maximum absolute atomic E-state index is 13.2. The molecule has 3 amide bonds. The second-order valence-corrected chi connectivity index (χ2v) is 7.79. The summed E-state index contributed by atoms with van der Waals surface area (Å²) >= 11 is 0. The topological polar surface area (TPSA) is 61.9 Å². The molecular formula is C23H28FN3O3. The van der Waals surface area contributed by atoms with Gasteiger partial charge in [0.25, 0.3) is 0 Å². The third-order valence-corrected chi connectivity index (χ3v) is 4.91. The molecule has 160 valence electrons. The van der Waals surface area contributed by atoms with Crippen LogP contribution in [0.25, 0.3) is 0 Å². The second-order valence-electron chi connectivity index (χ2n) is 7.79. The average molecular weight is 413 g/mol. The summed E-state index contributed by atoms with van der Waals surface area (Å²) < 4.78 is 19.1. The Morgan fingerprint density at radius 1 is 1.13 bits per heavy atom. The van der Waals surface area contributed by atoms with Crippen molar-refractivity contribution >= 4 is 11.9 Å². The van der Waals surface area contributed by atoms with Crippen molar-refractivity contribution in [2.45, 2.75) is 39.1 Å². The molecule has 6 nitrogen and oxygen atoms in total. The van der Waals surface area contributed by atoms with Crippen LogP contribution in [0, 0.1) is 5.82 Å². The number of hydrogen-bond acceptors (Lipinski definition) is 3. The number of hydrogen-bond donors (Lipinski definition) is 1. The Bertz CT molecular complexity index is 843. The van der Waals surface area contributed by atoms with Gasteiger partial charge in [0.15, 0.2) is 0 Å². The molecule has 3 rings (SSSR count). The minimum Gasteiger partial charge on any atom is -0.375 e. The van der Waals surface area contributed by atoms with Gasteiger partial charge in [0.1, 0.15) is 12.4 Å². The fraction of sp³-hybridized carbons (Fsp3) is 0.391. The van der Waals surface area contributed by atoms with Crippen molar-refractivity contribution in [1.29, 1.82) is 0 Å². The van der Waals surface area contributed by atoms with Gasteiger partial charge >= 0.3 is 6.03 Å². The summed E-state index contributed by atoms with van der Waals surface area (Å²) in [5, 5.41) is 2.86. The van der Waals surface area contributed by atoms with Crippen LogP contribution in [0.2, 0.25) is 0 Å². The number of halogens is 1. The zero-order valence-electron chi connectivity index (χ0n) is 17.4. The molecule has 1 aliphatic heterocycles. The first-order valence-corrected chi connectivity index (χ1v) is 10.1. The summed E-state index contributed by atoms with van der Waals surface area (Å²) in [6.07, 6.45) is 0. The normalized spacial score (nSPS) is 16.8. The summed E-state index contributed by atoms with van der Waals surface area (Å²) in [6, 6.07) is 15.3. The van der Waals surface area contributed by atoms with Crippen molar-refractivity contribution in [3.8, 4) is 0 Å².